The maximum atomic E-state index is 12.0. The number of nitrogens with two attached hydrogens (primary N) is 2. The number of rotatable bonds is 2. The maximum Gasteiger partial charge on any atom is 0.573 e. The summed E-state index contributed by atoms with van der Waals surface area (Å²) in [6.45, 7) is -0.304. The maximum absolute atomic E-state index is 12.0. The normalized spacial score (nSPS) is 10.9. The van der Waals surface area contributed by atoms with Gasteiger partial charge in [-0.3, -0.25) is 0 Å². The van der Waals surface area contributed by atoms with Gasteiger partial charge >= 0.3 is 6.36 Å². The summed E-state index contributed by atoms with van der Waals surface area (Å²) in [7, 11) is 0. The highest BCUT2D eigenvalue weighted by molar-refractivity contribution is 5.49. The highest BCUT2D eigenvalue weighted by Gasteiger charge is 2.32. The van der Waals surface area contributed by atoms with Crippen LogP contribution in [-0.4, -0.2) is 11.3 Å². The molecule has 1 aromatic heterocycles. The number of nitrogens with zero attached hydrogens (tertiary/aromatic N) is 2. The Balaban J connectivity index is 3.27. The van der Waals surface area contributed by atoms with Crippen LogP contribution in [0.2, 0.25) is 0 Å². The molecule has 5 nitrogen and oxygen atoms in total. The molecule has 0 aliphatic carbocycles. The van der Waals surface area contributed by atoms with Crippen LogP contribution >= 0.6 is 0 Å². The molecule has 1 heterocycles. The zero-order valence-corrected chi connectivity index (χ0v) is 7.88. The van der Waals surface area contributed by atoms with Gasteiger partial charge in [0.1, 0.15) is 17.6 Å². The van der Waals surface area contributed by atoms with Crippen molar-refractivity contribution in [3.05, 3.63) is 17.3 Å². The molecule has 0 aliphatic heterocycles. The van der Waals surface area contributed by atoms with Crippen LogP contribution in [0.1, 0.15) is 11.3 Å². The number of nitrogen functional groups attached to an aromatic ring is 1. The fourth-order valence-electron chi connectivity index (χ4n) is 1.07. The average Bonchev–Trinajstić information content (AvgIpc) is 2.14. The number of aromatic nitrogens is 1. The molecule has 0 aliphatic rings. The second-order valence-corrected chi connectivity index (χ2v) is 2.74. The van der Waals surface area contributed by atoms with Crippen molar-refractivity contribution in [3.63, 3.8) is 0 Å². The Bertz CT molecular complexity index is 438. The number of anilines is 1. The topological polar surface area (TPSA) is 98.0 Å². The molecule has 8 heteroatoms. The third-order valence-electron chi connectivity index (χ3n) is 1.64. The zero-order chi connectivity index (χ0) is 12.3. The lowest BCUT2D eigenvalue weighted by atomic mass is 10.2. The van der Waals surface area contributed by atoms with Crippen molar-refractivity contribution in [2.45, 2.75) is 12.9 Å². The fourth-order valence-corrected chi connectivity index (χ4v) is 1.07. The van der Waals surface area contributed by atoms with E-state index in [1.54, 1.807) is 6.07 Å². The van der Waals surface area contributed by atoms with Crippen LogP contribution in [0, 0.1) is 11.3 Å². The molecule has 0 bridgehead atoms. The number of nitriles is 1. The third-order valence-corrected chi connectivity index (χ3v) is 1.64. The molecule has 1 rings (SSSR count). The molecule has 0 radical (unpaired) electrons. The van der Waals surface area contributed by atoms with E-state index in [1.165, 1.54) is 0 Å². The van der Waals surface area contributed by atoms with Gasteiger partial charge in [-0.05, 0) is 0 Å². The minimum absolute atomic E-state index is 0.131. The molecule has 1 aromatic rings. The molecule has 86 valence electrons. The fraction of sp³-hybridized carbons (Fsp3) is 0.250. The summed E-state index contributed by atoms with van der Waals surface area (Å²) in [5.41, 5.74) is 10.0. The number of hydrogen-bond donors (Lipinski definition) is 2. The lowest BCUT2D eigenvalue weighted by molar-refractivity contribution is -0.274. The van der Waals surface area contributed by atoms with Gasteiger partial charge in [-0.25, -0.2) is 4.98 Å². The van der Waals surface area contributed by atoms with Crippen molar-refractivity contribution in [1.82, 2.24) is 4.98 Å². The Morgan fingerprint density at radius 2 is 2.12 bits per heavy atom. The Kier molecular flexibility index (Phi) is 3.20. The molecular weight excluding hydrogens is 225 g/mol. The quantitative estimate of drug-likeness (QED) is 0.789. The Hall–Kier alpha value is -2.01. The van der Waals surface area contributed by atoms with E-state index in [0.717, 1.165) is 6.07 Å². The predicted octanol–water partition coefficient (Wildman–Crippen LogP) is 0.893. The van der Waals surface area contributed by atoms with Gasteiger partial charge in [0.2, 0.25) is 0 Å². The Morgan fingerprint density at radius 3 is 2.56 bits per heavy atom. The summed E-state index contributed by atoms with van der Waals surface area (Å²) in [5.74, 6) is -0.841. The monoisotopic (exact) mass is 232 g/mol. The second kappa shape index (κ2) is 4.24. The Morgan fingerprint density at radius 1 is 1.50 bits per heavy atom. The predicted molar refractivity (Wildman–Crippen MR) is 47.9 cm³/mol. The van der Waals surface area contributed by atoms with E-state index in [0.29, 0.717) is 0 Å². The molecule has 0 spiro atoms. The van der Waals surface area contributed by atoms with Gasteiger partial charge in [0.05, 0.1) is 0 Å². The summed E-state index contributed by atoms with van der Waals surface area (Å²) < 4.78 is 39.7. The van der Waals surface area contributed by atoms with Crippen molar-refractivity contribution < 1.29 is 17.9 Å². The van der Waals surface area contributed by atoms with E-state index in [-0.39, 0.29) is 23.6 Å². The highest BCUT2D eigenvalue weighted by atomic mass is 19.4. The average molecular weight is 232 g/mol. The van der Waals surface area contributed by atoms with Gasteiger partial charge in [0, 0.05) is 18.2 Å². The van der Waals surface area contributed by atoms with E-state index in [1.807, 2.05) is 0 Å². The smallest absolute Gasteiger partial charge is 0.405 e. The van der Waals surface area contributed by atoms with Gasteiger partial charge in [0.15, 0.2) is 5.69 Å². The first-order chi connectivity index (χ1) is 7.37. The molecule has 4 N–H and O–H groups in total. The van der Waals surface area contributed by atoms with Crippen LogP contribution in [0.3, 0.4) is 0 Å². The van der Waals surface area contributed by atoms with Crippen molar-refractivity contribution in [1.29, 1.82) is 5.26 Å². The lowest BCUT2D eigenvalue weighted by Crippen LogP contribution is -2.20. The number of hydrogen-bond acceptors (Lipinski definition) is 5. The van der Waals surface area contributed by atoms with E-state index in [4.69, 9.17) is 16.7 Å². The van der Waals surface area contributed by atoms with Crippen molar-refractivity contribution in [2.75, 3.05) is 5.73 Å². The molecule has 0 fully saturated rings. The molecule has 0 saturated heterocycles. The standard InChI is InChI=1S/C8H7F3N4O/c9-8(10,11)16-6-1-7(14)15-5(3-13)4(6)2-12/h1H,2,12H2,(H2,14,15). The van der Waals surface area contributed by atoms with Crippen LogP contribution in [0.4, 0.5) is 19.0 Å². The first-order valence-electron chi connectivity index (χ1n) is 4.02. The zero-order valence-electron chi connectivity index (χ0n) is 7.88. The van der Waals surface area contributed by atoms with Gasteiger partial charge < -0.3 is 16.2 Å². The van der Waals surface area contributed by atoms with Crippen LogP contribution in [0.15, 0.2) is 6.07 Å². The van der Waals surface area contributed by atoms with Crippen LogP contribution in [-0.2, 0) is 6.54 Å². The summed E-state index contributed by atoms with van der Waals surface area (Å²) in [6.07, 6.45) is -4.87. The first-order valence-corrected chi connectivity index (χ1v) is 4.02. The minimum Gasteiger partial charge on any atom is -0.405 e. The SMILES string of the molecule is N#Cc1nc(N)cc(OC(F)(F)F)c1CN. The van der Waals surface area contributed by atoms with E-state index >= 15 is 0 Å². The number of pyridine rings is 1. The molecule has 0 amide bonds. The van der Waals surface area contributed by atoms with Crippen molar-refractivity contribution in [2.24, 2.45) is 5.73 Å². The highest BCUT2D eigenvalue weighted by Crippen LogP contribution is 2.28. The summed E-state index contributed by atoms with van der Waals surface area (Å²) in [6, 6.07) is 2.47. The molecule has 16 heavy (non-hydrogen) atoms. The first kappa shape index (κ1) is 12.1. The second-order valence-electron chi connectivity index (χ2n) is 2.74. The van der Waals surface area contributed by atoms with Crippen LogP contribution in [0.5, 0.6) is 5.75 Å². The summed E-state index contributed by atoms with van der Waals surface area (Å²) in [4.78, 5) is 3.54. The van der Waals surface area contributed by atoms with Gasteiger partial charge in [-0.1, -0.05) is 0 Å². The number of halogens is 3. The third kappa shape index (κ3) is 2.74. The van der Waals surface area contributed by atoms with Crippen molar-refractivity contribution in [3.8, 4) is 11.8 Å². The number of alkyl halides is 3. The minimum atomic E-state index is -4.87. The van der Waals surface area contributed by atoms with Crippen molar-refractivity contribution >= 4 is 5.82 Å². The molecule has 0 saturated carbocycles. The summed E-state index contributed by atoms with van der Waals surface area (Å²) >= 11 is 0. The number of ether oxygens (including phenoxy) is 1. The van der Waals surface area contributed by atoms with E-state index < -0.39 is 12.1 Å². The Labute approximate surface area is 88.4 Å². The molecular formula is C8H7F3N4O. The van der Waals surface area contributed by atoms with E-state index in [2.05, 4.69) is 9.72 Å². The summed E-state index contributed by atoms with van der Waals surface area (Å²) in [5, 5.41) is 8.64. The molecule has 0 unspecified atom stereocenters. The van der Waals surface area contributed by atoms with Crippen LogP contribution < -0.4 is 16.2 Å². The molecule has 0 atom stereocenters. The van der Waals surface area contributed by atoms with E-state index in [9.17, 15) is 13.2 Å². The molecule has 0 aromatic carbocycles. The van der Waals surface area contributed by atoms with Gasteiger partial charge in [0.25, 0.3) is 0 Å². The van der Waals surface area contributed by atoms with Crippen LogP contribution in [0.25, 0.3) is 0 Å². The van der Waals surface area contributed by atoms with Gasteiger partial charge in [-0.2, -0.15) is 5.26 Å². The lowest BCUT2D eigenvalue weighted by Gasteiger charge is -2.13. The van der Waals surface area contributed by atoms with Gasteiger partial charge in [-0.15, -0.1) is 13.2 Å². The largest absolute Gasteiger partial charge is 0.573 e.